The molecule has 5 heteroatoms. The van der Waals surface area contributed by atoms with Gasteiger partial charge in [0.05, 0.1) is 5.02 Å². The van der Waals surface area contributed by atoms with Crippen LogP contribution in [0.4, 0.5) is 4.39 Å². The topological polar surface area (TPSA) is 29.3 Å². The number of rotatable bonds is 4. The van der Waals surface area contributed by atoms with E-state index in [1.165, 1.54) is 11.6 Å². The van der Waals surface area contributed by atoms with Gasteiger partial charge in [0.2, 0.25) is 0 Å². The molecular weight excluding hydrogens is 334 g/mol. The second-order valence-electron chi connectivity index (χ2n) is 5.96. The molecule has 0 radical (unpaired) electrons. The molecule has 2 atom stereocenters. The number of hydrogen-bond donors (Lipinski definition) is 1. The molecule has 2 aromatic carbocycles. The molecule has 0 aromatic heterocycles. The van der Waals surface area contributed by atoms with Crippen LogP contribution in [0.2, 0.25) is 5.02 Å². The van der Waals surface area contributed by atoms with Crippen LogP contribution in [0.15, 0.2) is 48.5 Å². The van der Waals surface area contributed by atoms with Crippen molar-refractivity contribution in [2.75, 3.05) is 19.6 Å². The Balaban J connectivity index is 0.00000192. The van der Waals surface area contributed by atoms with Crippen molar-refractivity contribution in [1.82, 2.24) is 4.90 Å². The summed E-state index contributed by atoms with van der Waals surface area (Å²) in [6.45, 7) is 3.30. The van der Waals surface area contributed by atoms with Crippen LogP contribution >= 0.6 is 24.0 Å². The summed E-state index contributed by atoms with van der Waals surface area (Å²) in [6, 6.07) is 15.5. The van der Waals surface area contributed by atoms with Crippen LogP contribution in [0, 0.1) is 11.7 Å². The molecular formula is C18H21Cl2FN2. The highest BCUT2D eigenvalue weighted by atomic mass is 35.5. The predicted molar refractivity (Wildman–Crippen MR) is 95.7 cm³/mol. The third kappa shape index (κ3) is 4.24. The monoisotopic (exact) mass is 354 g/mol. The summed E-state index contributed by atoms with van der Waals surface area (Å²) in [4.78, 5) is 2.35. The number of halogens is 3. The van der Waals surface area contributed by atoms with Crippen molar-refractivity contribution in [1.29, 1.82) is 0 Å². The Hall–Kier alpha value is -1.13. The van der Waals surface area contributed by atoms with Crippen molar-refractivity contribution in [3.05, 3.63) is 70.5 Å². The number of nitrogens with zero attached hydrogens (tertiary/aromatic N) is 1. The first kappa shape index (κ1) is 18.2. The first-order valence-electron chi connectivity index (χ1n) is 7.58. The van der Waals surface area contributed by atoms with Gasteiger partial charge in [-0.25, -0.2) is 4.39 Å². The zero-order valence-corrected chi connectivity index (χ0v) is 14.4. The lowest BCUT2D eigenvalue weighted by Gasteiger charge is -2.17. The van der Waals surface area contributed by atoms with Gasteiger partial charge in [0.15, 0.2) is 0 Å². The van der Waals surface area contributed by atoms with Gasteiger partial charge in [0.25, 0.3) is 0 Å². The molecule has 0 bridgehead atoms. The maximum absolute atomic E-state index is 13.6. The molecule has 1 aliphatic heterocycles. The Bertz CT molecular complexity index is 636. The molecule has 1 heterocycles. The summed E-state index contributed by atoms with van der Waals surface area (Å²) in [5.74, 6) is 0.538. The van der Waals surface area contributed by atoms with E-state index < -0.39 is 0 Å². The highest BCUT2D eigenvalue weighted by Crippen LogP contribution is 2.33. The molecule has 2 nitrogen and oxygen atoms in total. The Kier molecular flexibility index (Phi) is 6.42. The minimum Gasteiger partial charge on any atom is -0.330 e. The van der Waals surface area contributed by atoms with Crippen LogP contribution in [0.25, 0.3) is 0 Å². The van der Waals surface area contributed by atoms with E-state index in [1.807, 2.05) is 12.1 Å². The number of likely N-dealkylation sites (tertiary alicyclic amines) is 1. The van der Waals surface area contributed by atoms with Gasteiger partial charge in [-0.05, 0) is 35.7 Å². The smallest absolute Gasteiger partial charge is 0.142 e. The fraction of sp³-hybridized carbons (Fsp3) is 0.333. The molecule has 0 saturated carbocycles. The average molecular weight is 355 g/mol. The zero-order chi connectivity index (χ0) is 15.5. The number of hydrogen-bond acceptors (Lipinski definition) is 2. The second-order valence-corrected chi connectivity index (χ2v) is 6.36. The Morgan fingerprint density at radius 1 is 1.13 bits per heavy atom. The van der Waals surface area contributed by atoms with Gasteiger partial charge in [-0.1, -0.05) is 48.0 Å². The molecule has 0 spiro atoms. The summed E-state index contributed by atoms with van der Waals surface area (Å²) in [5, 5.41) is 0.173. The van der Waals surface area contributed by atoms with Crippen molar-refractivity contribution >= 4 is 24.0 Å². The maximum atomic E-state index is 13.6. The van der Waals surface area contributed by atoms with E-state index in [0.29, 0.717) is 18.4 Å². The lowest BCUT2D eigenvalue weighted by Crippen LogP contribution is -2.23. The highest BCUT2D eigenvalue weighted by molar-refractivity contribution is 6.30. The van der Waals surface area contributed by atoms with Crippen molar-refractivity contribution in [3.8, 4) is 0 Å². The molecule has 1 fully saturated rings. The van der Waals surface area contributed by atoms with Crippen LogP contribution in [0.1, 0.15) is 17.0 Å². The van der Waals surface area contributed by atoms with Crippen molar-refractivity contribution in [3.63, 3.8) is 0 Å². The molecule has 124 valence electrons. The quantitative estimate of drug-likeness (QED) is 0.896. The molecule has 23 heavy (non-hydrogen) atoms. The molecule has 1 saturated heterocycles. The van der Waals surface area contributed by atoms with Crippen LogP contribution < -0.4 is 5.73 Å². The minimum atomic E-state index is -0.353. The summed E-state index contributed by atoms with van der Waals surface area (Å²) in [7, 11) is 0. The fourth-order valence-electron chi connectivity index (χ4n) is 3.30. The highest BCUT2D eigenvalue weighted by Gasteiger charge is 2.32. The van der Waals surface area contributed by atoms with E-state index in [9.17, 15) is 4.39 Å². The normalized spacial score (nSPS) is 21.2. The van der Waals surface area contributed by atoms with E-state index >= 15 is 0 Å². The third-order valence-corrected chi connectivity index (χ3v) is 4.74. The zero-order valence-electron chi connectivity index (χ0n) is 12.8. The van der Waals surface area contributed by atoms with Crippen LogP contribution in [0.5, 0.6) is 0 Å². The Morgan fingerprint density at radius 3 is 2.52 bits per heavy atom. The van der Waals surface area contributed by atoms with Gasteiger partial charge >= 0.3 is 0 Å². The van der Waals surface area contributed by atoms with Gasteiger partial charge in [0, 0.05) is 25.6 Å². The molecule has 1 aliphatic rings. The van der Waals surface area contributed by atoms with Crippen LogP contribution in [0.3, 0.4) is 0 Å². The molecule has 3 rings (SSSR count). The summed E-state index contributed by atoms with van der Waals surface area (Å²) >= 11 is 5.74. The van der Waals surface area contributed by atoms with E-state index in [-0.39, 0.29) is 23.2 Å². The maximum Gasteiger partial charge on any atom is 0.142 e. The molecule has 0 aliphatic carbocycles. The lowest BCUT2D eigenvalue weighted by molar-refractivity contribution is 0.316. The Labute approximate surface area is 147 Å². The van der Waals surface area contributed by atoms with Gasteiger partial charge in [0.1, 0.15) is 5.82 Å². The summed E-state index contributed by atoms with van der Waals surface area (Å²) in [6.07, 6.45) is 0. The summed E-state index contributed by atoms with van der Waals surface area (Å²) < 4.78 is 13.6. The number of benzene rings is 2. The van der Waals surface area contributed by atoms with Crippen molar-refractivity contribution < 1.29 is 4.39 Å². The largest absolute Gasteiger partial charge is 0.330 e. The van der Waals surface area contributed by atoms with Gasteiger partial charge in [-0.2, -0.15) is 0 Å². The van der Waals surface area contributed by atoms with Gasteiger partial charge < -0.3 is 5.73 Å². The third-order valence-electron chi connectivity index (χ3n) is 4.44. The van der Waals surface area contributed by atoms with Crippen LogP contribution in [-0.2, 0) is 6.54 Å². The fourth-order valence-corrected chi connectivity index (χ4v) is 3.42. The molecule has 2 N–H and O–H groups in total. The van der Waals surface area contributed by atoms with Crippen molar-refractivity contribution in [2.24, 2.45) is 11.7 Å². The van der Waals surface area contributed by atoms with Crippen molar-refractivity contribution in [2.45, 2.75) is 12.5 Å². The van der Waals surface area contributed by atoms with Gasteiger partial charge in [-0.3, -0.25) is 4.90 Å². The first-order chi connectivity index (χ1) is 10.7. The van der Waals surface area contributed by atoms with Crippen LogP contribution in [-0.4, -0.2) is 24.5 Å². The lowest BCUT2D eigenvalue weighted by atomic mass is 9.89. The molecule has 0 unspecified atom stereocenters. The standard InChI is InChI=1S/C18H20ClFN2.ClH/c19-17-7-6-13(8-18(17)20)10-22-11-15(9-21)16(12-22)14-4-2-1-3-5-14;/h1-8,15-16H,9-12,21H2;1H/t15-,16+;/m1./s1. The first-order valence-corrected chi connectivity index (χ1v) is 7.96. The SMILES string of the molecule is Cl.NC[C@@H]1CN(Cc2ccc(Cl)c(F)c2)C[C@H]1c1ccccc1. The van der Waals surface area contributed by atoms with E-state index in [2.05, 4.69) is 29.2 Å². The molecule has 2 aromatic rings. The number of nitrogens with two attached hydrogens (primary N) is 1. The summed E-state index contributed by atoms with van der Waals surface area (Å²) in [5.41, 5.74) is 8.24. The minimum absolute atomic E-state index is 0. The van der Waals surface area contributed by atoms with E-state index in [4.69, 9.17) is 17.3 Å². The second kappa shape index (κ2) is 8.11. The van der Waals surface area contributed by atoms with Gasteiger partial charge in [-0.15, -0.1) is 12.4 Å². The predicted octanol–water partition coefficient (Wildman–Crippen LogP) is 4.08. The van der Waals surface area contributed by atoms with E-state index in [1.54, 1.807) is 6.07 Å². The molecule has 0 amide bonds. The average Bonchev–Trinajstić information content (AvgIpc) is 2.95. The van der Waals surface area contributed by atoms with E-state index in [0.717, 1.165) is 25.2 Å². The Morgan fingerprint density at radius 2 is 1.87 bits per heavy atom.